The van der Waals surface area contributed by atoms with Gasteiger partial charge in [-0.1, -0.05) is 30.3 Å². The number of rotatable bonds is 5. The number of nitrogens with one attached hydrogen (secondary N) is 1. The molecule has 1 amide bonds. The van der Waals surface area contributed by atoms with E-state index in [-0.39, 0.29) is 5.91 Å². The molecule has 0 saturated carbocycles. The molecule has 0 aliphatic rings. The van der Waals surface area contributed by atoms with Gasteiger partial charge in [0.1, 0.15) is 5.76 Å². The zero-order valence-electron chi connectivity index (χ0n) is 11.3. The summed E-state index contributed by atoms with van der Waals surface area (Å²) in [5.41, 5.74) is 2.00. The SMILES string of the molecule is Cc1nc(C)c(CNC(=O)CCc2ccccc2)o1. The Morgan fingerprint density at radius 2 is 2.00 bits per heavy atom. The van der Waals surface area contributed by atoms with Crippen molar-refractivity contribution >= 4 is 5.91 Å². The van der Waals surface area contributed by atoms with Crippen molar-refractivity contribution in [3.05, 3.63) is 53.2 Å². The Kier molecular flexibility index (Phi) is 4.34. The van der Waals surface area contributed by atoms with Crippen LogP contribution in [0.4, 0.5) is 0 Å². The van der Waals surface area contributed by atoms with Crippen LogP contribution in [0.1, 0.15) is 29.3 Å². The first kappa shape index (κ1) is 13.3. The molecule has 0 aliphatic carbocycles. The molecular weight excluding hydrogens is 240 g/mol. The van der Waals surface area contributed by atoms with E-state index in [4.69, 9.17) is 4.42 Å². The second-order valence-corrected chi connectivity index (χ2v) is 4.50. The van der Waals surface area contributed by atoms with Crippen molar-refractivity contribution in [3.8, 4) is 0 Å². The van der Waals surface area contributed by atoms with Crippen molar-refractivity contribution in [3.63, 3.8) is 0 Å². The first-order valence-corrected chi connectivity index (χ1v) is 6.38. The van der Waals surface area contributed by atoms with Crippen LogP contribution in [0.2, 0.25) is 0 Å². The molecule has 0 atom stereocenters. The summed E-state index contributed by atoms with van der Waals surface area (Å²) in [5.74, 6) is 1.38. The summed E-state index contributed by atoms with van der Waals surface area (Å²) in [4.78, 5) is 15.9. The predicted molar refractivity (Wildman–Crippen MR) is 72.6 cm³/mol. The molecule has 0 bridgehead atoms. The minimum absolute atomic E-state index is 0.0253. The van der Waals surface area contributed by atoms with Crippen LogP contribution >= 0.6 is 0 Å². The number of carbonyl (C=O) groups is 1. The fourth-order valence-corrected chi connectivity index (χ4v) is 1.91. The lowest BCUT2D eigenvalue weighted by atomic mass is 10.1. The normalized spacial score (nSPS) is 10.4. The molecule has 0 spiro atoms. The lowest BCUT2D eigenvalue weighted by Crippen LogP contribution is -2.23. The van der Waals surface area contributed by atoms with Crippen LogP contribution in [0.25, 0.3) is 0 Å². The molecule has 1 heterocycles. The fourth-order valence-electron chi connectivity index (χ4n) is 1.91. The highest BCUT2D eigenvalue weighted by molar-refractivity contribution is 5.76. The molecule has 4 nitrogen and oxygen atoms in total. The van der Waals surface area contributed by atoms with Gasteiger partial charge in [-0.2, -0.15) is 0 Å². The predicted octanol–water partition coefficient (Wildman–Crippen LogP) is 2.54. The van der Waals surface area contributed by atoms with Gasteiger partial charge in [-0.15, -0.1) is 0 Å². The Morgan fingerprint density at radius 3 is 2.63 bits per heavy atom. The van der Waals surface area contributed by atoms with Crippen LogP contribution in [0, 0.1) is 13.8 Å². The molecule has 100 valence electrons. The highest BCUT2D eigenvalue weighted by atomic mass is 16.4. The number of aromatic nitrogens is 1. The Labute approximate surface area is 112 Å². The maximum atomic E-state index is 11.7. The van der Waals surface area contributed by atoms with Gasteiger partial charge < -0.3 is 9.73 Å². The Hall–Kier alpha value is -2.10. The van der Waals surface area contributed by atoms with Crippen LogP contribution in [-0.2, 0) is 17.8 Å². The number of amides is 1. The second kappa shape index (κ2) is 6.18. The minimum atomic E-state index is 0.0253. The van der Waals surface area contributed by atoms with Gasteiger partial charge in [-0.25, -0.2) is 4.98 Å². The molecule has 2 aromatic rings. The van der Waals surface area contributed by atoms with E-state index in [1.165, 1.54) is 5.56 Å². The molecule has 1 N–H and O–H groups in total. The zero-order chi connectivity index (χ0) is 13.7. The summed E-state index contributed by atoms with van der Waals surface area (Å²) in [6.07, 6.45) is 1.23. The summed E-state index contributed by atoms with van der Waals surface area (Å²) >= 11 is 0. The third-order valence-electron chi connectivity index (χ3n) is 2.93. The van der Waals surface area contributed by atoms with Gasteiger partial charge >= 0.3 is 0 Å². The third-order valence-corrected chi connectivity index (χ3v) is 2.93. The van der Waals surface area contributed by atoms with Crippen molar-refractivity contribution in [1.82, 2.24) is 10.3 Å². The summed E-state index contributed by atoms with van der Waals surface area (Å²) in [7, 11) is 0. The van der Waals surface area contributed by atoms with E-state index in [1.54, 1.807) is 6.92 Å². The monoisotopic (exact) mass is 258 g/mol. The van der Waals surface area contributed by atoms with Crippen LogP contribution in [0.3, 0.4) is 0 Å². The van der Waals surface area contributed by atoms with Crippen molar-refractivity contribution < 1.29 is 9.21 Å². The Bertz CT molecular complexity index is 547. The lowest BCUT2D eigenvalue weighted by molar-refractivity contribution is -0.121. The highest BCUT2D eigenvalue weighted by Gasteiger charge is 2.08. The van der Waals surface area contributed by atoms with Crippen LogP contribution in [0.5, 0.6) is 0 Å². The molecule has 19 heavy (non-hydrogen) atoms. The molecule has 0 aliphatic heterocycles. The standard InChI is InChI=1S/C15H18N2O2/c1-11-14(19-12(2)17-11)10-16-15(18)9-8-13-6-4-3-5-7-13/h3-7H,8-10H2,1-2H3,(H,16,18). The van der Waals surface area contributed by atoms with Crippen molar-refractivity contribution in [2.24, 2.45) is 0 Å². The summed E-state index contributed by atoms with van der Waals surface area (Å²) in [6, 6.07) is 9.98. The smallest absolute Gasteiger partial charge is 0.220 e. The van der Waals surface area contributed by atoms with Gasteiger partial charge in [0.25, 0.3) is 0 Å². The van der Waals surface area contributed by atoms with Gasteiger partial charge in [0, 0.05) is 13.3 Å². The van der Waals surface area contributed by atoms with Gasteiger partial charge in [0.2, 0.25) is 5.91 Å². The van der Waals surface area contributed by atoms with Gasteiger partial charge in [0.05, 0.1) is 12.2 Å². The average molecular weight is 258 g/mol. The maximum absolute atomic E-state index is 11.7. The van der Waals surface area contributed by atoms with Crippen LogP contribution in [0.15, 0.2) is 34.7 Å². The Balaban J connectivity index is 1.77. The first-order valence-electron chi connectivity index (χ1n) is 6.38. The van der Waals surface area contributed by atoms with E-state index < -0.39 is 0 Å². The topological polar surface area (TPSA) is 55.1 Å². The summed E-state index contributed by atoms with van der Waals surface area (Å²) < 4.78 is 5.40. The molecule has 4 heteroatoms. The van der Waals surface area contributed by atoms with Crippen molar-refractivity contribution in [1.29, 1.82) is 0 Å². The van der Waals surface area contributed by atoms with Crippen molar-refractivity contribution in [2.45, 2.75) is 33.2 Å². The summed E-state index contributed by atoms with van der Waals surface area (Å²) in [6.45, 7) is 4.08. The highest BCUT2D eigenvalue weighted by Crippen LogP contribution is 2.09. The van der Waals surface area contributed by atoms with Crippen LogP contribution < -0.4 is 5.32 Å². The molecule has 0 unspecified atom stereocenters. The lowest BCUT2D eigenvalue weighted by Gasteiger charge is -2.04. The van der Waals surface area contributed by atoms with Gasteiger partial charge in [-0.3, -0.25) is 4.79 Å². The molecule has 0 radical (unpaired) electrons. The van der Waals surface area contributed by atoms with Gasteiger partial charge in [-0.05, 0) is 18.9 Å². The second-order valence-electron chi connectivity index (χ2n) is 4.50. The summed E-state index contributed by atoms with van der Waals surface area (Å²) in [5, 5.41) is 2.85. The number of carbonyl (C=O) groups excluding carboxylic acids is 1. The number of benzene rings is 1. The molecule has 2 rings (SSSR count). The molecular formula is C15H18N2O2. The quantitative estimate of drug-likeness (QED) is 0.896. The van der Waals surface area contributed by atoms with Gasteiger partial charge in [0.15, 0.2) is 5.89 Å². The number of oxazole rings is 1. The van der Waals surface area contributed by atoms with E-state index in [0.29, 0.717) is 18.9 Å². The number of hydrogen-bond donors (Lipinski definition) is 1. The zero-order valence-corrected chi connectivity index (χ0v) is 11.3. The van der Waals surface area contributed by atoms with Crippen LogP contribution in [-0.4, -0.2) is 10.9 Å². The molecule has 0 fully saturated rings. The first-order chi connectivity index (χ1) is 9.15. The third kappa shape index (κ3) is 3.95. The van der Waals surface area contributed by atoms with E-state index in [2.05, 4.69) is 10.3 Å². The largest absolute Gasteiger partial charge is 0.444 e. The molecule has 1 aromatic carbocycles. The number of nitrogens with zero attached hydrogens (tertiary/aromatic N) is 1. The molecule has 0 saturated heterocycles. The van der Waals surface area contributed by atoms with E-state index in [9.17, 15) is 4.79 Å². The van der Waals surface area contributed by atoms with E-state index in [1.807, 2.05) is 37.3 Å². The molecule has 1 aromatic heterocycles. The van der Waals surface area contributed by atoms with E-state index in [0.717, 1.165) is 17.9 Å². The number of aryl methyl sites for hydroxylation is 3. The fraction of sp³-hybridized carbons (Fsp3) is 0.333. The average Bonchev–Trinajstić information content (AvgIpc) is 2.73. The van der Waals surface area contributed by atoms with Crippen molar-refractivity contribution in [2.75, 3.05) is 0 Å². The number of hydrogen-bond acceptors (Lipinski definition) is 3. The Morgan fingerprint density at radius 1 is 1.26 bits per heavy atom. The van der Waals surface area contributed by atoms with E-state index >= 15 is 0 Å². The minimum Gasteiger partial charge on any atom is -0.444 e. The maximum Gasteiger partial charge on any atom is 0.220 e.